The number of nitrogens with zero attached hydrogens (tertiary/aromatic N) is 3. The lowest BCUT2D eigenvalue weighted by atomic mass is 10.1. The Balaban J connectivity index is 2.13. The Labute approximate surface area is 118 Å². The van der Waals surface area contributed by atoms with Gasteiger partial charge in [-0.15, -0.1) is 0 Å². The Kier molecular flexibility index (Phi) is 4.34. The Morgan fingerprint density at radius 2 is 2.25 bits per heavy atom. The summed E-state index contributed by atoms with van der Waals surface area (Å²) < 4.78 is 1.74. The summed E-state index contributed by atoms with van der Waals surface area (Å²) in [4.78, 5) is 16.4. The van der Waals surface area contributed by atoms with Gasteiger partial charge in [-0.25, -0.2) is 4.98 Å². The van der Waals surface area contributed by atoms with Crippen molar-refractivity contribution in [2.45, 2.75) is 20.8 Å². The zero-order valence-electron chi connectivity index (χ0n) is 12.4. The van der Waals surface area contributed by atoms with Gasteiger partial charge in [0, 0.05) is 24.9 Å². The van der Waals surface area contributed by atoms with Gasteiger partial charge in [-0.3, -0.25) is 9.48 Å². The third kappa shape index (κ3) is 2.96. The van der Waals surface area contributed by atoms with Crippen LogP contribution in [0.4, 0.5) is 5.69 Å². The van der Waals surface area contributed by atoms with Gasteiger partial charge in [0.1, 0.15) is 0 Å². The third-order valence-electron chi connectivity index (χ3n) is 3.28. The first-order valence-corrected chi connectivity index (χ1v) is 6.83. The van der Waals surface area contributed by atoms with Gasteiger partial charge in [0.25, 0.3) is 0 Å². The summed E-state index contributed by atoms with van der Waals surface area (Å²) in [5, 5.41) is 11.3. The molecule has 0 aliphatic carbocycles. The molecule has 108 valence electrons. The molecule has 2 heterocycles. The zero-order valence-corrected chi connectivity index (χ0v) is 12.4. The number of amides is 1. The predicted molar refractivity (Wildman–Crippen MR) is 79.6 cm³/mol. The molecule has 2 aromatic heterocycles. The van der Waals surface area contributed by atoms with Crippen LogP contribution in [0.25, 0.3) is 11.0 Å². The summed E-state index contributed by atoms with van der Waals surface area (Å²) in [6.45, 7) is 7.39. The average Bonchev–Trinajstić information content (AvgIpc) is 2.71. The minimum Gasteiger partial charge on any atom is -0.324 e. The quantitative estimate of drug-likeness (QED) is 0.866. The van der Waals surface area contributed by atoms with Gasteiger partial charge in [-0.2, -0.15) is 5.10 Å². The lowest BCUT2D eigenvalue weighted by Crippen LogP contribution is -2.30. The molecule has 0 spiro atoms. The van der Waals surface area contributed by atoms with Crippen molar-refractivity contribution in [2.24, 2.45) is 13.0 Å². The molecule has 2 aromatic rings. The number of carbonyl (C=O) groups excluding carboxylic acids is 1. The molecule has 0 fully saturated rings. The number of nitrogens with one attached hydrogen (secondary N) is 2. The average molecular weight is 275 g/mol. The molecule has 0 aromatic carbocycles. The summed E-state index contributed by atoms with van der Waals surface area (Å²) in [6.07, 6.45) is 1.67. The number of hydrogen-bond donors (Lipinski definition) is 2. The van der Waals surface area contributed by atoms with Crippen LogP contribution in [0.2, 0.25) is 0 Å². The molecular weight excluding hydrogens is 254 g/mol. The normalized spacial score (nSPS) is 12.6. The van der Waals surface area contributed by atoms with E-state index < -0.39 is 0 Å². The fraction of sp³-hybridized carbons (Fsp3) is 0.500. The van der Waals surface area contributed by atoms with Crippen molar-refractivity contribution in [3.8, 4) is 0 Å². The minimum absolute atomic E-state index is 0.00589. The van der Waals surface area contributed by atoms with Crippen LogP contribution in [0, 0.1) is 12.8 Å². The monoisotopic (exact) mass is 275 g/mol. The minimum atomic E-state index is -0.0827. The number of aromatic nitrogens is 3. The molecule has 0 saturated heterocycles. The Hall–Kier alpha value is -1.95. The van der Waals surface area contributed by atoms with E-state index in [2.05, 4.69) is 20.7 Å². The molecule has 2 N–H and O–H groups in total. The van der Waals surface area contributed by atoms with Gasteiger partial charge in [0.2, 0.25) is 5.91 Å². The highest BCUT2D eigenvalue weighted by molar-refractivity contribution is 5.94. The standard InChI is InChI=1S/C14H21N5O/c1-5-15-7-9(2)14(20)17-11-6-12-10(3)18-19(4)13(12)16-8-11/h6,8-9,15H,5,7H2,1-4H3,(H,17,20). The molecule has 1 amide bonds. The first-order valence-electron chi connectivity index (χ1n) is 6.83. The van der Waals surface area contributed by atoms with E-state index in [1.165, 1.54) is 0 Å². The van der Waals surface area contributed by atoms with Gasteiger partial charge < -0.3 is 10.6 Å². The first-order chi connectivity index (χ1) is 9.52. The summed E-state index contributed by atoms with van der Waals surface area (Å²) >= 11 is 0. The van der Waals surface area contributed by atoms with Crippen LogP contribution in [0.5, 0.6) is 0 Å². The maximum Gasteiger partial charge on any atom is 0.228 e. The largest absolute Gasteiger partial charge is 0.324 e. The van der Waals surface area contributed by atoms with E-state index in [0.29, 0.717) is 12.2 Å². The van der Waals surface area contributed by atoms with Crippen LogP contribution in [0.3, 0.4) is 0 Å². The van der Waals surface area contributed by atoms with Crippen molar-refractivity contribution >= 4 is 22.6 Å². The second kappa shape index (κ2) is 6.00. The van der Waals surface area contributed by atoms with Crippen LogP contribution in [0.1, 0.15) is 19.5 Å². The molecule has 1 unspecified atom stereocenters. The fourth-order valence-corrected chi connectivity index (χ4v) is 2.10. The molecule has 2 rings (SSSR count). The third-order valence-corrected chi connectivity index (χ3v) is 3.28. The highest BCUT2D eigenvalue weighted by atomic mass is 16.1. The Morgan fingerprint density at radius 1 is 1.50 bits per heavy atom. The molecule has 0 aliphatic heterocycles. The van der Waals surface area contributed by atoms with Crippen molar-refractivity contribution in [1.29, 1.82) is 0 Å². The number of rotatable bonds is 5. The second-order valence-corrected chi connectivity index (χ2v) is 5.00. The molecule has 0 saturated carbocycles. The molecule has 20 heavy (non-hydrogen) atoms. The number of carbonyl (C=O) groups is 1. The zero-order chi connectivity index (χ0) is 14.7. The van der Waals surface area contributed by atoms with E-state index in [1.54, 1.807) is 10.9 Å². The van der Waals surface area contributed by atoms with Gasteiger partial charge >= 0.3 is 0 Å². The topological polar surface area (TPSA) is 71.8 Å². The van der Waals surface area contributed by atoms with Crippen molar-refractivity contribution in [3.63, 3.8) is 0 Å². The van der Waals surface area contributed by atoms with Crippen LogP contribution in [-0.2, 0) is 11.8 Å². The summed E-state index contributed by atoms with van der Waals surface area (Å²) in [5.74, 6) is -0.0886. The van der Waals surface area contributed by atoms with E-state index in [-0.39, 0.29) is 11.8 Å². The van der Waals surface area contributed by atoms with Crippen LogP contribution in [0.15, 0.2) is 12.3 Å². The van der Waals surface area contributed by atoms with E-state index in [1.807, 2.05) is 33.9 Å². The summed E-state index contributed by atoms with van der Waals surface area (Å²) in [6, 6.07) is 1.92. The molecular formula is C14H21N5O. The van der Waals surface area contributed by atoms with Crippen molar-refractivity contribution in [2.75, 3.05) is 18.4 Å². The van der Waals surface area contributed by atoms with E-state index in [0.717, 1.165) is 23.3 Å². The second-order valence-electron chi connectivity index (χ2n) is 5.00. The molecule has 6 nitrogen and oxygen atoms in total. The number of anilines is 1. The lowest BCUT2D eigenvalue weighted by molar-refractivity contribution is -0.119. The number of hydrogen-bond acceptors (Lipinski definition) is 4. The van der Waals surface area contributed by atoms with Gasteiger partial charge in [-0.1, -0.05) is 13.8 Å². The molecule has 0 radical (unpaired) electrons. The van der Waals surface area contributed by atoms with E-state index >= 15 is 0 Å². The lowest BCUT2D eigenvalue weighted by Gasteiger charge is -2.12. The molecule has 0 aliphatic rings. The van der Waals surface area contributed by atoms with Crippen molar-refractivity contribution in [1.82, 2.24) is 20.1 Å². The van der Waals surface area contributed by atoms with Gasteiger partial charge in [0.05, 0.1) is 17.6 Å². The van der Waals surface area contributed by atoms with Crippen LogP contribution < -0.4 is 10.6 Å². The predicted octanol–water partition coefficient (Wildman–Crippen LogP) is 1.46. The van der Waals surface area contributed by atoms with Crippen LogP contribution >= 0.6 is 0 Å². The summed E-state index contributed by atoms with van der Waals surface area (Å²) in [5.41, 5.74) is 2.44. The van der Waals surface area contributed by atoms with Gasteiger partial charge in [-0.05, 0) is 19.5 Å². The Morgan fingerprint density at radius 3 is 2.95 bits per heavy atom. The summed E-state index contributed by atoms with van der Waals surface area (Å²) in [7, 11) is 1.86. The number of aryl methyl sites for hydroxylation is 2. The maximum atomic E-state index is 12.0. The fourth-order valence-electron chi connectivity index (χ4n) is 2.10. The number of pyridine rings is 1. The Bertz CT molecular complexity index is 619. The van der Waals surface area contributed by atoms with E-state index in [4.69, 9.17) is 0 Å². The smallest absolute Gasteiger partial charge is 0.228 e. The molecule has 6 heteroatoms. The maximum absolute atomic E-state index is 12.0. The van der Waals surface area contributed by atoms with Crippen molar-refractivity contribution in [3.05, 3.63) is 18.0 Å². The van der Waals surface area contributed by atoms with E-state index in [9.17, 15) is 4.79 Å². The van der Waals surface area contributed by atoms with Gasteiger partial charge in [0.15, 0.2) is 5.65 Å². The highest BCUT2D eigenvalue weighted by Gasteiger charge is 2.13. The highest BCUT2D eigenvalue weighted by Crippen LogP contribution is 2.19. The molecule has 1 atom stereocenters. The number of fused-ring (bicyclic) bond motifs is 1. The SMILES string of the molecule is CCNCC(C)C(=O)Nc1cnc2c(c1)c(C)nn2C. The van der Waals surface area contributed by atoms with Crippen LogP contribution in [-0.4, -0.2) is 33.8 Å². The molecule has 0 bridgehead atoms. The van der Waals surface area contributed by atoms with Crippen molar-refractivity contribution < 1.29 is 4.79 Å². The first kappa shape index (κ1) is 14.5.